The topological polar surface area (TPSA) is 140 Å². The van der Waals surface area contributed by atoms with Gasteiger partial charge in [-0.25, -0.2) is 18.5 Å². The molecular formula is C34H31FN5O6P. The summed E-state index contributed by atoms with van der Waals surface area (Å²) >= 11 is 0. The second-order valence-corrected chi connectivity index (χ2v) is 11.6. The molecule has 0 radical (unpaired) electrons. The maximum absolute atomic E-state index is 16.4. The van der Waals surface area contributed by atoms with Gasteiger partial charge < -0.3 is 24.6 Å². The largest absolute Gasteiger partial charge is 0.497 e. The van der Waals surface area contributed by atoms with Gasteiger partial charge in [-0.1, -0.05) is 54.6 Å². The molecule has 5 aromatic rings. The molecule has 2 aromatic heterocycles. The van der Waals surface area contributed by atoms with Gasteiger partial charge in [0.25, 0.3) is 5.67 Å². The number of rotatable bonds is 11. The summed E-state index contributed by atoms with van der Waals surface area (Å²) in [6.07, 6.45) is -1.85. The van der Waals surface area contributed by atoms with Crippen molar-refractivity contribution in [3.8, 4) is 17.6 Å². The number of aliphatic hydroxyl groups is 1. The Morgan fingerprint density at radius 3 is 2.15 bits per heavy atom. The van der Waals surface area contributed by atoms with Crippen molar-refractivity contribution in [3.05, 3.63) is 120 Å². The van der Waals surface area contributed by atoms with Gasteiger partial charge in [-0.3, -0.25) is 4.52 Å². The molecule has 6 rings (SSSR count). The van der Waals surface area contributed by atoms with Crippen LogP contribution in [-0.4, -0.2) is 58.4 Å². The Balaban J connectivity index is 1.54. The first-order valence-corrected chi connectivity index (χ1v) is 15.4. The first kappa shape index (κ1) is 32.0. The highest BCUT2D eigenvalue weighted by Gasteiger charge is 2.67. The number of hydrogen-bond donors (Lipinski definition) is 2. The monoisotopic (exact) mass is 655 g/mol. The number of aliphatic hydroxyl groups excluding tert-OH is 1. The van der Waals surface area contributed by atoms with E-state index in [9.17, 15) is 14.9 Å². The van der Waals surface area contributed by atoms with Crippen LogP contribution in [0.25, 0.3) is 5.52 Å². The van der Waals surface area contributed by atoms with Crippen molar-refractivity contribution < 1.29 is 32.8 Å². The van der Waals surface area contributed by atoms with E-state index in [1.54, 1.807) is 32.4 Å². The Bertz CT molecular complexity index is 1870. The molecule has 1 fully saturated rings. The number of benzene rings is 3. The molecule has 0 bridgehead atoms. The van der Waals surface area contributed by atoms with Crippen molar-refractivity contribution >= 4 is 20.0 Å². The van der Waals surface area contributed by atoms with Crippen molar-refractivity contribution in [1.82, 2.24) is 14.6 Å². The molecule has 0 aliphatic carbocycles. The van der Waals surface area contributed by atoms with Crippen LogP contribution in [0, 0.1) is 11.3 Å². The second-order valence-electron chi connectivity index (χ2n) is 11.2. The van der Waals surface area contributed by atoms with Crippen molar-refractivity contribution in [3.63, 3.8) is 0 Å². The van der Waals surface area contributed by atoms with Crippen LogP contribution in [-0.2, 0) is 25.0 Å². The summed E-state index contributed by atoms with van der Waals surface area (Å²) in [7, 11) is 2.54. The number of halogens is 1. The number of nitriles is 1. The third-order valence-electron chi connectivity index (χ3n) is 8.79. The van der Waals surface area contributed by atoms with Crippen molar-refractivity contribution in [2.24, 2.45) is 0 Å². The molecule has 0 saturated carbocycles. The van der Waals surface area contributed by atoms with Crippen LogP contribution in [0.1, 0.15) is 29.3 Å². The number of methoxy groups -OCH3 is 2. The van der Waals surface area contributed by atoms with Crippen molar-refractivity contribution in [1.29, 1.82) is 5.26 Å². The fraction of sp³-hybridized carbons (Fsp3) is 0.265. The number of hydrogen-bond acceptors (Lipinski definition) is 10. The maximum Gasteiger partial charge on any atom is 0.327 e. The standard InChI is InChI=1S/C34H31FN5O6P/c1-32(33(35,20-36)30(41)28(46-32)19-45-47-42)29-18-17-27-31(37-21-38-40(27)29)39-34(22-7-5-4-6-8-22,23-9-13-25(43-2)14-10-23)24-11-15-26(44-3)16-12-24/h4-18,21,28,30,41H,19H2,1-3H3,(H,37,38,39)/t28-,30-,32+,33-/m1/s1. The fourth-order valence-corrected chi connectivity index (χ4v) is 6.50. The van der Waals surface area contributed by atoms with Gasteiger partial charge in [-0.2, -0.15) is 10.4 Å². The van der Waals surface area contributed by atoms with Gasteiger partial charge in [0.2, 0.25) is 0 Å². The lowest BCUT2D eigenvalue weighted by Gasteiger charge is -2.37. The average Bonchev–Trinajstić information content (AvgIpc) is 3.65. The van der Waals surface area contributed by atoms with E-state index in [-0.39, 0.29) is 5.69 Å². The number of nitrogens with one attached hydrogen (secondary N) is 1. The highest BCUT2D eigenvalue weighted by Crippen LogP contribution is 2.50. The number of fused-ring (bicyclic) bond motifs is 1. The quantitative estimate of drug-likeness (QED) is 0.137. The first-order valence-electron chi connectivity index (χ1n) is 14.6. The van der Waals surface area contributed by atoms with E-state index in [2.05, 4.69) is 15.4 Å². The number of ether oxygens (including phenoxy) is 3. The van der Waals surface area contributed by atoms with Gasteiger partial charge >= 0.3 is 8.69 Å². The van der Waals surface area contributed by atoms with Crippen molar-refractivity contribution in [2.45, 2.75) is 35.9 Å². The van der Waals surface area contributed by atoms with E-state index in [1.807, 2.05) is 78.9 Å². The summed E-state index contributed by atoms with van der Waals surface area (Å²) in [6, 6.07) is 30.1. The van der Waals surface area contributed by atoms with Crippen molar-refractivity contribution in [2.75, 3.05) is 26.1 Å². The third-order valence-corrected chi connectivity index (χ3v) is 9.05. The Hall–Kier alpha value is -4.92. The number of alkyl halides is 1. The molecule has 1 aliphatic rings. The summed E-state index contributed by atoms with van der Waals surface area (Å²) in [6.45, 7) is 0.970. The minimum Gasteiger partial charge on any atom is -0.497 e. The molecule has 3 aromatic carbocycles. The predicted octanol–water partition coefficient (Wildman–Crippen LogP) is 5.58. The first-order chi connectivity index (χ1) is 22.7. The van der Waals surface area contributed by atoms with Crippen LogP contribution in [0.4, 0.5) is 10.2 Å². The molecule has 1 aliphatic heterocycles. The zero-order valence-electron chi connectivity index (χ0n) is 25.7. The highest BCUT2D eigenvalue weighted by molar-refractivity contribution is 7.17. The number of anilines is 1. The zero-order valence-corrected chi connectivity index (χ0v) is 26.6. The fourth-order valence-electron chi connectivity index (χ4n) is 6.30. The van der Waals surface area contributed by atoms with Gasteiger partial charge in [0, 0.05) is 0 Å². The maximum atomic E-state index is 16.4. The van der Waals surface area contributed by atoms with Crippen LogP contribution in [0.2, 0.25) is 0 Å². The molecule has 2 N–H and O–H groups in total. The van der Waals surface area contributed by atoms with Crippen LogP contribution < -0.4 is 14.8 Å². The molecule has 13 heteroatoms. The Kier molecular flexibility index (Phi) is 8.66. The Morgan fingerprint density at radius 1 is 1.00 bits per heavy atom. The van der Waals surface area contributed by atoms with E-state index in [4.69, 9.17) is 18.7 Å². The lowest BCUT2D eigenvalue weighted by Crippen LogP contribution is -2.49. The molecule has 4 atom stereocenters. The van der Waals surface area contributed by atoms with Gasteiger partial charge in [-0.15, -0.1) is 0 Å². The Labute approximate surface area is 271 Å². The summed E-state index contributed by atoms with van der Waals surface area (Å²) in [5.74, 6) is 1.75. The molecule has 0 amide bonds. The molecule has 3 heterocycles. The summed E-state index contributed by atoms with van der Waals surface area (Å²) in [5.41, 5.74) is -2.70. The number of nitrogens with zero attached hydrogens (tertiary/aromatic N) is 4. The molecule has 0 unspecified atom stereocenters. The average molecular weight is 656 g/mol. The third kappa shape index (κ3) is 5.18. The van der Waals surface area contributed by atoms with Crippen LogP contribution >= 0.6 is 8.69 Å². The van der Waals surface area contributed by atoms with Crippen LogP contribution in [0.5, 0.6) is 11.5 Å². The SMILES string of the molecule is COc1ccc(C(Nc2ncnn3c([C@]4(C)O[C@H](COP=O)[C@@H](O)[C@]4(F)C#N)ccc23)(c2ccccc2)c2ccc(OC)cc2)cc1. The predicted molar refractivity (Wildman–Crippen MR) is 170 cm³/mol. The van der Waals surface area contributed by atoms with E-state index < -0.39 is 44.3 Å². The van der Waals surface area contributed by atoms with Gasteiger partial charge in [0.05, 0.1) is 26.5 Å². The highest BCUT2D eigenvalue weighted by atomic mass is 31.1. The number of aromatic nitrogens is 3. The lowest BCUT2D eigenvalue weighted by molar-refractivity contribution is -0.0860. The second kappa shape index (κ2) is 12.7. The lowest BCUT2D eigenvalue weighted by atomic mass is 9.77. The van der Waals surface area contributed by atoms with Gasteiger partial charge in [-0.05, 0) is 60.0 Å². The molecule has 1 saturated heterocycles. The molecule has 240 valence electrons. The molecule has 47 heavy (non-hydrogen) atoms. The minimum atomic E-state index is -2.90. The zero-order chi connectivity index (χ0) is 33.2. The van der Waals surface area contributed by atoms with Crippen LogP contribution in [0.15, 0.2) is 97.3 Å². The molecular weight excluding hydrogens is 624 g/mol. The summed E-state index contributed by atoms with van der Waals surface area (Å²) < 4.78 is 50.5. The summed E-state index contributed by atoms with van der Waals surface area (Å²) in [5, 5.41) is 28.9. The van der Waals surface area contributed by atoms with E-state index in [0.717, 1.165) is 16.7 Å². The van der Waals surface area contributed by atoms with E-state index in [1.165, 1.54) is 17.8 Å². The smallest absolute Gasteiger partial charge is 0.327 e. The van der Waals surface area contributed by atoms with E-state index >= 15 is 4.39 Å². The Morgan fingerprint density at radius 2 is 1.60 bits per heavy atom. The minimum absolute atomic E-state index is 0.155. The molecule has 11 nitrogen and oxygen atoms in total. The molecule has 0 spiro atoms. The van der Waals surface area contributed by atoms with Gasteiger partial charge in [0.1, 0.15) is 47.2 Å². The van der Waals surface area contributed by atoms with Crippen LogP contribution in [0.3, 0.4) is 0 Å². The summed E-state index contributed by atoms with van der Waals surface area (Å²) in [4.78, 5) is 4.63. The normalized spacial score (nSPS) is 22.6. The van der Waals surface area contributed by atoms with E-state index in [0.29, 0.717) is 22.8 Å². The van der Waals surface area contributed by atoms with Gasteiger partial charge in [0.15, 0.2) is 11.4 Å².